The molecule has 0 saturated heterocycles. The third kappa shape index (κ3) is 2.03. The van der Waals surface area contributed by atoms with Crippen LogP contribution in [0.2, 0.25) is 0 Å². The standard InChI is InChI=1S/C19H20O/c1-2-20-18-14-9-15-19(18,16-10-5-3-6-11-16)17-12-7-4-8-13-17/h2-8,10-13,18H,1,9,14-15H2/t18-/m1/s1. The summed E-state index contributed by atoms with van der Waals surface area (Å²) in [4.78, 5) is 0. The van der Waals surface area contributed by atoms with Gasteiger partial charge in [0.05, 0.1) is 11.7 Å². The van der Waals surface area contributed by atoms with Crippen molar-refractivity contribution in [3.05, 3.63) is 84.6 Å². The molecule has 0 spiro atoms. The van der Waals surface area contributed by atoms with Crippen LogP contribution in [0.15, 0.2) is 73.5 Å². The molecule has 0 radical (unpaired) electrons. The van der Waals surface area contributed by atoms with Crippen molar-refractivity contribution in [3.8, 4) is 0 Å². The number of hydrogen-bond acceptors (Lipinski definition) is 1. The van der Waals surface area contributed by atoms with Gasteiger partial charge in [-0.1, -0.05) is 67.2 Å². The summed E-state index contributed by atoms with van der Waals surface area (Å²) in [5, 5.41) is 0. The molecule has 0 N–H and O–H groups in total. The average molecular weight is 264 g/mol. The SMILES string of the molecule is C=CO[C@@H]1CCCC1(c1ccccc1)c1ccccc1. The summed E-state index contributed by atoms with van der Waals surface area (Å²) in [5.74, 6) is 0. The molecule has 0 heterocycles. The van der Waals surface area contributed by atoms with E-state index in [2.05, 4.69) is 67.2 Å². The summed E-state index contributed by atoms with van der Waals surface area (Å²) in [7, 11) is 0. The Labute approximate surface area is 120 Å². The van der Waals surface area contributed by atoms with E-state index in [4.69, 9.17) is 4.74 Å². The monoisotopic (exact) mass is 264 g/mol. The largest absolute Gasteiger partial charge is 0.497 e. The van der Waals surface area contributed by atoms with Crippen molar-refractivity contribution in [2.45, 2.75) is 30.8 Å². The van der Waals surface area contributed by atoms with Crippen LogP contribution in [0.4, 0.5) is 0 Å². The lowest BCUT2D eigenvalue weighted by Crippen LogP contribution is -2.37. The Hall–Kier alpha value is -2.02. The topological polar surface area (TPSA) is 9.23 Å². The van der Waals surface area contributed by atoms with Gasteiger partial charge in [-0.3, -0.25) is 0 Å². The summed E-state index contributed by atoms with van der Waals surface area (Å²) < 4.78 is 5.89. The van der Waals surface area contributed by atoms with E-state index in [1.165, 1.54) is 17.5 Å². The van der Waals surface area contributed by atoms with Gasteiger partial charge in [-0.05, 0) is 30.4 Å². The summed E-state index contributed by atoms with van der Waals surface area (Å²) in [6.45, 7) is 3.75. The minimum absolute atomic E-state index is 0.0449. The van der Waals surface area contributed by atoms with Gasteiger partial charge in [0.2, 0.25) is 0 Å². The van der Waals surface area contributed by atoms with Crippen LogP contribution >= 0.6 is 0 Å². The molecule has 0 bridgehead atoms. The van der Waals surface area contributed by atoms with Crippen LogP contribution in [0.3, 0.4) is 0 Å². The Morgan fingerprint density at radius 3 is 2.00 bits per heavy atom. The maximum absolute atomic E-state index is 5.89. The van der Waals surface area contributed by atoms with Crippen LogP contribution in [0.5, 0.6) is 0 Å². The fourth-order valence-electron chi connectivity index (χ4n) is 3.57. The maximum atomic E-state index is 5.89. The molecular formula is C19H20O. The highest BCUT2D eigenvalue weighted by molar-refractivity contribution is 5.42. The number of rotatable bonds is 4. The normalized spacial score (nSPS) is 20.5. The summed E-state index contributed by atoms with van der Waals surface area (Å²) >= 11 is 0. The van der Waals surface area contributed by atoms with Crippen LogP contribution in [0.25, 0.3) is 0 Å². The average Bonchev–Trinajstić information content (AvgIpc) is 2.94. The smallest absolute Gasteiger partial charge is 0.111 e. The number of benzene rings is 2. The molecule has 1 nitrogen and oxygen atoms in total. The molecule has 0 aliphatic heterocycles. The zero-order chi connectivity index (χ0) is 13.8. The van der Waals surface area contributed by atoms with E-state index in [0.29, 0.717) is 0 Å². The lowest BCUT2D eigenvalue weighted by molar-refractivity contribution is 0.103. The molecule has 1 atom stereocenters. The molecule has 1 fully saturated rings. The number of hydrogen-bond donors (Lipinski definition) is 0. The van der Waals surface area contributed by atoms with Crippen LogP contribution in [-0.4, -0.2) is 6.10 Å². The highest BCUT2D eigenvalue weighted by atomic mass is 16.5. The molecule has 0 unspecified atom stereocenters. The van der Waals surface area contributed by atoms with E-state index in [1.54, 1.807) is 6.26 Å². The molecule has 0 aromatic heterocycles. The molecule has 1 saturated carbocycles. The Bertz CT molecular complexity index is 519. The van der Waals surface area contributed by atoms with E-state index < -0.39 is 0 Å². The van der Waals surface area contributed by atoms with E-state index in [9.17, 15) is 0 Å². The van der Waals surface area contributed by atoms with Gasteiger partial charge in [-0.2, -0.15) is 0 Å². The van der Waals surface area contributed by atoms with Gasteiger partial charge in [0.15, 0.2) is 0 Å². The van der Waals surface area contributed by atoms with Crippen molar-refractivity contribution in [2.75, 3.05) is 0 Å². The highest BCUT2D eigenvalue weighted by Crippen LogP contribution is 2.47. The van der Waals surface area contributed by atoms with E-state index in [0.717, 1.165) is 12.8 Å². The van der Waals surface area contributed by atoms with Gasteiger partial charge in [-0.15, -0.1) is 0 Å². The fourth-order valence-corrected chi connectivity index (χ4v) is 3.57. The number of ether oxygens (including phenoxy) is 1. The van der Waals surface area contributed by atoms with Gasteiger partial charge in [0.25, 0.3) is 0 Å². The van der Waals surface area contributed by atoms with Crippen molar-refractivity contribution in [1.29, 1.82) is 0 Å². The third-order valence-corrected chi connectivity index (χ3v) is 4.43. The van der Waals surface area contributed by atoms with Crippen molar-refractivity contribution in [1.82, 2.24) is 0 Å². The van der Waals surface area contributed by atoms with Crippen molar-refractivity contribution >= 4 is 0 Å². The first-order chi connectivity index (χ1) is 9.88. The Morgan fingerprint density at radius 1 is 0.950 bits per heavy atom. The first kappa shape index (κ1) is 13.0. The second-order valence-electron chi connectivity index (χ2n) is 5.39. The summed E-state index contributed by atoms with van der Waals surface area (Å²) in [6.07, 6.45) is 5.15. The summed E-state index contributed by atoms with van der Waals surface area (Å²) in [6, 6.07) is 21.5. The van der Waals surface area contributed by atoms with Gasteiger partial charge < -0.3 is 4.74 Å². The van der Waals surface area contributed by atoms with Crippen LogP contribution < -0.4 is 0 Å². The Morgan fingerprint density at radius 2 is 1.50 bits per heavy atom. The van der Waals surface area contributed by atoms with Crippen LogP contribution in [-0.2, 0) is 10.2 Å². The predicted molar refractivity (Wildman–Crippen MR) is 82.6 cm³/mol. The lowest BCUT2D eigenvalue weighted by atomic mass is 9.71. The molecule has 0 amide bonds. The second kappa shape index (κ2) is 5.54. The zero-order valence-corrected chi connectivity index (χ0v) is 11.7. The Balaban J connectivity index is 2.15. The van der Waals surface area contributed by atoms with Gasteiger partial charge in [-0.25, -0.2) is 0 Å². The Kier molecular flexibility index (Phi) is 3.60. The molecule has 3 rings (SSSR count). The van der Waals surface area contributed by atoms with E-state index in [-0.39, 0.29) is 11.5 Å². The third-order valence-electron chi connectivity index (χ3n) is 4.43. The summed E-state index contributed by atoms with van der Waals surface area (Å²) in [5.41, 5.74) is 2.64. The fraction of sp³-hybridized carbons (Fsp3) is 0.263. The first-order valence-corrected chi connectivity index (χ1v) is 7.25. The van der Waals surface area contributed by atoms with Crippen molar-refractivity contribution < 1.29 is 4.74 Å². The van der Waals surface area contributed by atoms with E-state index in [1.807, 2.05) is 0 Å². The predicted octanol–water partition coefficient (Wildman–Crippen LogP) is 4.69. The second-order valence-corrected chi connectivity index (χ2v) is 5.39. The quantitative estimate of drug-likeness (QED) is 0.728. The van der Waals surface area contributed by atoms with Crippen LogP contribution in [0.1, 0.15) is 30.4 Å². The maximum Gasteiger partial charge on any atom is 0.111 e. The van der Waals surface area contributed by atoms with Gasteiger partial charge in [0.1, 0.15) is 6.10 Å². The minimum atomic E-state index is -0.0449. The minimum Gasteiger partial charge on any atom is -0.497 e. The molecule has 2 aromatic rings. The molecular weight excluding hydrogens is 244 g/mol. The molecule has 1 aliphatic rings. The highest BCUT2D eigenvalue weighted by Gasteiger charge is 2.46. The lowest BCUT2D eigenvalue weighted by Gasteiger charge is -2.36. The van der Waals surface area contributed by atoms with Crippen molar-refractivity contribution in [2.24, 2.45) is 0 Å². The molecule has 1 heteroatoms. The molecule has 102 valence electrons. The van der Waals surface area contributed by atoms with Gasteiger partial charge in [0, 0.05) is 0 Å². The molecule has 20 heavy (non-hydrogen) atoms. The first-order valence-electron chi connectivity index (χ1n) is 7.25. The zero-order valence-electron chi connectivity index (χ0n) is 11.7. The van der Waals surface area contributed by atoms with Gasteiger partial charge >= 0.3 is 0 Å². The van der Waals surface area contributed by atoms with E-state index >= 15 is 0 Å². The van der Waals surface area contributed by atoms with Crippen molar-refractivity contribution in [3.63, 3.8) is 0 Å². The molecule has 1 aliphatic carbocycles. The van der Waals surface area contributed by atoms with Crippen LogP contribution in [0, 0.1) is 0 Å². The molecule has 2 aromatic carbocycles.